The van der Waals surface area contributed by atoms with Crippen LogP contribution in [0.1, 0.15) is 22.6 Å². The Hall–Kier alpha value is -2.51. The molecule has 134 valence electrons. The Labute approximate surface area is 154 Å². The summed E-state index contributed by atoms with van der Waals surface area (Å²) in [5, 5.41) is 9.75. The SMILES string of the molecule is Cc1oc(-c2ccsc2)nc1CC(=O)Nc1ccc2c(c1F)CCNC2. The van der Waals surface area contributed by atoms with Gasteiger partial charge in [0, 0.05) is 17.5 Å². The first-order chi connectivity index (χ1) is 12.6. The largest absolute Gasteiger partial charge is 0.441 e. The minimum absolute atomic E-state index is 0.0392. The Bertz CT molecular complexity index is 950. The molecular weight excluding hydrogens is 353 g/mol. The first-order valence-electron chi connectivity index (χ1n) is 8.41. The Kier molecular flexibility index (Phi) is 4.57. The van der Waals surface area contributed by atoms with E-state index in [0.29, 0.717) is 35.9 Å². The molecule has 7 heteroatoms. The van der Waals surface area contributed by atoms with E-state index in [-0.39, 0.29) is 23.8 Å². The van der Waals surface area contributed by atoms with Crippen LogP contribution in [0.2, 0.25) is 0 Å². The van der Waals surface area contributed by atoms with Gasteiger partial charge in [-0.15, -0.1) is 0 Å². The summed E-state index contributed by atoms with van der Waals surface area (Å²) >= 11 is 1.55. The third-order valence-electron chi connectivity index (χ3n) is 4.47. The van der Waals surface area contributed by atoms with Crippen LogP contribution in [0, 0.1) is 12.7 Å². The van der Waals surface area contributed by atoms with Crippen LogP contribution in [0.15, 0.2) is 33.4 Å². The average Bonchev–Trinajstić information content (AvgIpc) is 3.28. The number of nitrogens with one attached hydrogen (secondary N) is 2. The van der Waals surface area contributed by atoms with Crippen LogP contribution >= 0.6 is 11.3 Å². The lowest BCUT2D eigenvalue weighted by atomic mass is 9.99. The van der Waals surface area contributed by atoms with Crippen LogP contribution in [0.3, 0.4) is 0 Å². The van der Waals surface area contributed by atoms with E-state index in [4.69, 9.17) is 4.42 Å². The van der Waals surface area contributed by atoms with Gasteiger partial charge in [0.2, 0.25) is 11.8 Å². The Morgan fingerprint density at radius 2 is 2.31 bits per heavy atom. The molecule has 0 unspecified atom stereocenters. The van der Waals surface area contributed by atoms with Gasteiger partial charge in [0.1, 0.15) is 11.6 Å². The molecule has 2 aromatic heterocycles. The van der Waals surface area contributed by atoms with Gasteiger partial charge in [-0.2, -0.15) is 11.3 Å². The fourth-order valence-electron chi connectivity index (χ4n) is 3.08. The topological polar surface area (TPSA) is 67.2 Å². The van der Waals surface area contributed by atoms with E-state index in [9.17, 15) is 9.18 Å². The van der Waals surface area contributed by atoms with Crippen molar-refractivity contribution in [1.29, 1.82) is 0 Å². The Morgan fingerprint density at radius 3 is 3.12 bits per heavy atom. The maximum absolute atomic E-state index is 14.6. The van der Waals surface area contributed by atoms with E-state index < -0.39 is 0 Å². The molecular formula is C19H18FN3O2S. The Balaban J connectivity index is 1.50. The normalized spacial score (nSPS) is 13.5. The van der Waals surface area contributed by atoms with E-state index in [0.717, 1.165) is 17.7 Å². The van der Waals surface area contributed by atoms with Crippen molar-refractivity contribution in [2.75, 3.05) is 11.9 Å². The number of carbonyl (C=O) groups is 1. The summed E-state index contributed by atoms with van der Waals surface area (Å²) in [6.45, 7) is 3.17. The summed E-state index contributed by atoms with van der Waals surface area (Å²) in [5.74, 6) is 0.441. The van der Waals surface area contributed by atoms with Crippen molar-refractivity contribution in [3.63, 3.8) is 0 Å². The van der Waals surface area contributed by atoms with Crippen molar-refractivity contribution in [2.45, 2.75) is 26.3 Å². The fraction of sp³-hybridized carbons (Fsp3) is 0.263. The van der Waals surface area contributed by atoms with Gasteiger partial charge in [0.25, 0.3) is 0 Å². The van der Waals surface area contributed by atoms with Gasteiger partial charge < -0.3 is 15.1 Å². The number of aryl methyl sites for hydroxylation is 1. The number of carbonyl (C=O) groups excluding carboxylic acids is 1. The highest BCUT2D eigenvalue weighted by Crippen LogP contribution is 2.26. The summed E-state index contributed by atoms with van der Waals surface area (Å²) in [5.41, 5.74) is 3.29. The lowest BCUT2D eigenvalue weighted by molar-refractivity contribution is -0.115. The van der Waals surface area contributed by atoms with Crippen LogP contribution in [0.5, 0.6) is 0 Å². The second kappa shape index (κ2) is 7.01. The first-order valence-corrected chi connectivity index (χ1v) is 9.36. The van der Waals surface area contributed by atoms with E-state index in [1.807, 2.05) is 22.9 Å². The number of anilines is 1. The smallest absolute Gasteiger partial charge is 0.230 e. The van der Waals surface area contributed by atoms with Crippen LogP contribution in [0.4, 0.5) is 10.1 Å². The van der Waals surface area contributed by atoms with Gasteiger partial charge in [0.05, 0.1) is 17.8 Å². The number of aromatic nitrogens is 1. The molecule has 3 heterocycles. The number of nitrogens with zero attached hydrogens (tertiary/aromatic N) is 1. The van der Waals surface area contributed by atoms with Crippen molar-refractivity contribution in [3.8, 4) is 11.5 Å². The van der Waals surface area contributed by atoms with Crippen molar-refractivity contribution in [3.05, 3.63) is 57.4 Å². The zero-order valence-electron chi connectivity index (χ0n) is 14.3. The Morgan fingerprint density at radius 1 is 1.42 bits per heavy atom. The zero-order valence-corrected chi connectivity index (χ0v) is 15.1. The van der Waals surface area contributed by atoms with Crippen molar-refractivity contribution in [2.24, 2.45) is 0 Å². The summed E-state index contributed by atoms with van der Waals surface area (Å²) in [6.07, 6.45) is 0.662. The molecule has 2 N–H and O–H groups in total. The number of halogens is 1. The number of amides is 1. The number of rotatable bonds is 4. The number of fused-ring (bicyclic) bond motifs is 1. The average molecular weight is 371 g/mol. The first kappa shape index (κ1) is 16.9. The zero-order chi connectivity index (χ0) is 18.1. The monoisotopic (exact) mass is 371 g/mol. The number of hydrogen-bond acceptors (Lipinski definition) is 5. The molecule has 1 aliphatic heterocycles. The molecule has 26 heavy (non-hydrogen) atoms. The number of benzene rings is 1. The van der Waals surface area contributed by atoms with Crippen molar-refractivity contribution < 1.29 is 13.6 Å². The summed E-state index contributed by atoms with van der Waals surface area (Å²) in [6, 6.07) is 5.39. The fourth-order valence-corrected chi connectivity index (χ4v) is 3.71. The maximum atomic E-state index is 14.6. The van der Waals surface area contributed by atoms with Gasteiger partial charge in [-0.25, -0.2) is 9.37 Å². The standard InChI is InChI=1S/C19H18FN3O2S/c1-11-16(23-19(25-11)13-5-7-26-10-13)8-17(24)22-15-3-2-12-9-21-6-4-14(12)18(15)20/h2-3,5,7,10,21H,4,6,8-9H2,1H3,(H,22,24). The van der Waals surface area contributed by atoms with Gasteiger partial charge in [-0.3, -0.25) is 4.79 Å². The summed E-state index contributed by atoms with van der Waals surface area (Å²) in [4.78, 5) is 16.8. The molecule has 1 aliphatic rings. The molecule has 0 fully saturated rings. The molecule has 0 radical (unpaired) electrons. The van der Waals surface area contributed by atoms with Crippen molar-refractivity contribution in [1.82, 2.24) is 10.3 Å². The van der Waals surface area contributed by atoms with Gasteiger partial charge in [-0.1, -0.05) is 6.07 Å². The van der Waals surface area contributed by atoms with Crippen LogP contribution in [-0.2, 0) is 24.2 Å². The molecule has 1 amide bonds. The lowest BCUT2D eigenvalue weighted by Crippen LogP contribution is -2.25. The molecule has 4 rings (SSSR count). The van der Waals surface area contributed by atoms with Gasteiger partial charge in [0.15, 0.2) is 0 Å². The predicted octanol–water partition coefficient (Wildman–Crippen LogP) is 3.68. The highest BCUT2D eigenvalue weighted by Gasteiger charge is 2.19. The second-order valence-electron chi connectivity index (χ2n) is 6.25. The quantitative estimate of drug-likeness (QED) is 0.734. The van der Waals surface area contributed by atoms with Gasteiger partial charge >= 0.3 is 0 Å². The number of oxazole rings is 1. The molecule has 3 aromatic rings. The molecule has 0 bridgehead atoms. The number of hydrogen-bond donors (Lipinski definition) is 2. The second-order valence-corrected chi connectivity index (χ2v) is 7.03. The third-order valence-corrected chi connectivity index (χ3v) is 5.15. The van der Waals surface area contributed by atoms with Crippen LogP contribution < -0.4 is 10.6 Å². The minimum Gasteiger partial charge on any atom is -0.441 e. The lowest BCUT2D eigenvalue weighted by Gasteiger charge is -2.19. The van der Waals surface area contributed by atoms with E-state index >= 15 is 0 Å². The molecule has 1 aromatic carbocycles. The summed E-state index contributed by atoms with van der Waals surface area (Å²) < 4.78 is 20.3. The summed E-state index contributed by atoms with van der Waals surface area (Å²) in [7, 11) is 0. The predicted molar refractivity (Wildman–Crippen MR) is 98.7 cm³/mol. The highest BCUT2D eigenvalue weighted by molar-refractivity contribution is 7.08. The van der Waals surface area contributed by atoms with Gasteiger partial charge in [-0.05, 0) is 48.5 Å². The molecule has 0 saturated heterocycles. The van der Waals surface area contributed by atoms with Crippen LogP contribution in [0.25, 0.3) is 11.5 Å². The van der Waals surface area contributed by atoms with Crippen LogP contribution in [-0.4, -0.2) is 17.4 Å². The molecule has 0 atom stereocenters. The van der Waals surface area contributed by atoms with E-state index in [1.165, 1.54) is 0 Å². The maximum Gasteiger partial charge on any atom is 0.230 e. The molecule has 0 saturated carbocycles. The highest BCUT2D eigenvalue weighted by atomic mass is 32.1. The molecule has 0 aliphatic carbocycles. The number of thiophene rings is 1. The minimum atomic E-state index is -0.340. The van der Waals surface area contributed by atoms with Crippen molar-refractivity contribution >= 4 is 22.9 Å². The third kappa shape index (κ3) is 3.27. The van der Waals surface area contributed by atoms with E-state index in [1.54, 1.807) is 24.3 Å². The van der Waals surface area contributed by atoms with E-state index in [2.05, 4.69) is 15.6 Å². The molecule has 5 nitrogen and oxygen atoms in total. The molecule has 0 spiro atoms.